The van der Waals surface area contributed by atoms with Gasteiger partial charge in [0.1, 0.15) is 17.1 Å². The molecule has 0 spiro atoms. The Hall–Kier alpha value is -3.98. The predicted octanol–water partition coefficient (Wildman–Crippen LogP) is 2.52. The largest absolute Gasteiger partial charge is 0.451 e. The van der Waals surface area contributed by atoms with Gasteiger partial charge < -0.3 is 24.3 Å². The van der Waals surface area contributed by atoms with E-state index in [-0.39, 0.29) is 41.8 Å². The SMILES string of the molecule is O=C(NCc1ccc(F)cc1)c1cn2c(c(Oc3ccccc3)c1=O)C(=O)N1CCOC1C2. The topological polar surface area (TPSA) is 89.9 Å². The van der Waals surface area contributed by atoms with Gasteiger partial charge in [0.25, 0.3) is 11.8 Å². The van der Waals surface area contributed by atoms with Gasteiger partial charge in [0, 0.05) is 19.3 Å². The Bertz CT molecular complexity index is 1270. The number of hydrogen-bond acceptors (Lipinski definition) is 5. The highest BCUT2D eigenvalue weighted by molar-refractivity contribution is 5.99. The van der Waals surface area contributed by atoms with Gasteiger partial charge in [0.05, 0.1) is 13.2 Å². The molecule has 9 heteroatoms. The van der Waals surface area contributed by atoms with Crippen LogP contribution < -0.4 is 15.5 Å². The molecular weight excluding hydrogens is 429 g/mol. The van der Waals surface area contributed by atoms with Gasteiger partial charge in [-0.2, -0.15) is 0 Å². The molecule has 1 aromatic heterocycles. The van der Waals surface area contributed by atoms with Crippen molar-refractivity contribution in [1.82, 2.24) is 14.8 Å². The van der Waals surface area contributed by atoms with Crippen LogP contribution in [-0.4, -0.2) is 40.7 Å². The van der Waals surface area contributed by atoms with E-state index in [1.165, 1.54) is 18.3 Å². The molecule has 1 unspecified atom stereocenters. The number of nitrogens with one attached hydrogen (secondary N) is 1. The number of amides is 2. The first kappa shape index (κ1) is 20.9. The molecule has 3 heterocycles. The van der Waals surface area contributed by atoms with E-state index < -0.39 is 17.6 Å². The molecule has 0 aliphatic carbocycles. The highest BCUT2D eigenvalue weighted by atomic mass is 19.1. The number of carbonyl (C=O) groups is 2. The number of aromatic nitrogens is 1. The number of pyridine rings is 1. The number of benzene rings is 2. The molecule has 1 N–H and O–H groups in total. The number of halogens is 1. The highest BCUT2D eigenvalue weighted by Gasteiger charge is 2.40. The molecule has 8 nitrogen and oxygen atoms in total. The summed E-state index contributed by atoms with van der Waals surface area (Å²) in [5.74, 6) is -1.22. The fraction of sp³-hybridized carbons (Fsp3) is 0.208. The van der Waals surface area contributed by atoms with Crippen molar-refractivity contribution >= 4 is 11.8 Å². The molecule has 2 amide bonds. The maximum atomic E-state index is 13.3. The van der Waals surface area contributed by atoms with Crippen LogP contribution in [0.4, 0.5) is 4.39 Å². The van der Waals surface area contributed by atoms with E-state index in [0.717, 1.165) is 0 Å². The second-order valence-electron chi connectivity index (χ2n) is 7.75. The zero-order valence-electron chi connectivity index (χ0n) is 17.5. The Kier molecular flexibility index (Phi) is 5.39. The molecule has 2 aliphatic heterocycles. The molecule has 0 bridgehead atoms. The number of rotatable bonds is 5. The fourth-order valence-electron chi connectivity index (χ4n) is 3.95. The van der Waals surface area contributed by atoms with Crippen LogP contribution in [0.25, 0.3) is 0 Å². The van der Waals surface area contributed by atoms with Gasteiger partial charge in [-0.1, -0.05) is 30.3 Å². The summed E-state index contributed by atoms with van der Waals surface area (Å²) in [5, 5.41) is 2.67. The normalized spacial score (nSPS) is 16.8. The quantitative estimate of drug-likeness (QED) is 0.647. The first-order valence-corrected chi connectivity index (χ1v) is 10.5. The van der Waals surface area contributed by atoms with E-state index in [9.17, 15) is 18.8 Å². The van der Waals surface area contributed by atoms with Crippen LogP contribution in [0.3, 0.4) is 0 Å². The zero-order chi connectivity index (χ0) is 22.9. The molecule has 33 heavy (non-hydrogen) atoms. The number of hydrogen-bond donors (Lipinski definition) is 1. The lowest BCUT2D eigenvalue weighted by Gasteiger charge is -2.32. The summed E-state index contributed by atoms with van der Waals surface area (Å²) in [7, 11) is 0. The summed E-state index contributed by atoms with van der Waals surface area (Å²) in [6, 6.07) is 14.3. The smallest absolute Gasteiger partial charge is 0.276 e. The Morgan fingerprint density at radius 1 is 1.12 bits per heavy atom. The summed E-state index contributed by atoms with van der Waals surface area (Å²) in [6.07, 6.45) is 0.902. The number of fused-ring (bicyclic) bond motifs is 2. The summed E-state index contributed by atoms with van der Waals surface area (Å²) in [5.41, 5.74) is -0.0888. The molecule has 0 radical (unpaired) electrons. The average molecular weight is 449 g/mol. The van der Waals surface area contributed by atoms with E-state index in [1.54, 1.807) is 51.9 Å². The summed E-state index contributed by atoms with van der Waals surface area (Å²) in [6.45, 7) is 1.19. The van der Waals surface area contributed by atoms with Gasteiger partial charge in [-0.05, 0) is 29.8 Å². The predicted molar refractivity (Wildman–Crippen MR) is 116 cm³/mol. The van der Waals surface area contributed by atoms with Crippen molar-refractivity contribution in [2.45, 2.75) is 19.3 Å². The molecule has 1 fully saturated rings. The molecule has 2 aromatic carbocycles. The number of para-hydroxylation sites is 1. The third-order valence-corrected chi connectivity index (χ3v) is 5.62. The number of nitrogens with zero attached hydrogens (tertiary/aromatic N) is 2. The molecular formula is C24H20FN3O5. The fourth-order valence-corrected chi connectivity index (χ4v) is 3.95. The van der Waals surface area contributed by atoms with Crippen LogP contribution in [0.1, 0.15) is 26.4 Å². The summed E-state index contributed by atoms with van der Waals surface area (Å²) in [4.78, 5) is 41.0. The summed E-state index contributed by atoms with van der Waals surface area (Å²) >= 11 is 0. The molecule has 1 saturated heterocycles. The first-order chi connectivity index (χ1) is 16.0. The molecule has 1 atom stereocenters. The van der Waals surface area contributed by atoms with E-state index in [4.69, 9.17) is 9.47 Å². The average Bonchev–Trinajstić information content (AvgIpc) is 3.30. The third kappa shape index (κ3) is 3.98. The monoisotopic (exact) mass is 449 g/mol. The molecule has 5 rings (SSSR count). The van der Waals surface area contributed by atoms with Crippen molar-refractivity contribution in [3.63, 3.8) is 0 Å². The van der Waals surface area contributed by atoms with Gasteiger partial charge in [0.15, 0.2) is 11.9 Å². The van der Waals surface area contributed by atoms with E-state index in [1.807, 2.05) is 0 Å². The van der Waals surface area contributed by atoms with Crippen molar-refractivity contribution in [3.8, 4) is 11.5 Å². The maximum absolute atomic E-state index is 13.3. The minimum Gasteiger partial charge on any atom is -0.451 e. The number of ether oxygens (including phenoxy) is 2. The lowest BCUT2D eigenvalue weighted by molar-refractivity contribution is 0.00852. The van der Waals surface area contributed by atoms with Crippen LogP contribution in [0.5, 0.6) is 11.5 Å². The van der Waals surface area contributed by atoms with E-state index in [0.29, 0.717) is 24.5 Å². The molecule has 168 valence electrons. The standard InChI is InChI=1S/C24H20FN3O5/c25-16-8-6-15(7-9-16)12-26-23(30)18-13-27-14-19-28(10-11-32-19)24(31)20(27)22(21(18)29)33-17-4-2-1-3-5-17/h1-9,13,19H,10-12,14H2,(H,26,30). The Morgan fingerprint density at radius 3 is 2.64 bits per heavy atom. The van der Waals surface area contributed by atoms with Crippen LogP contribution in [0.15, 0.2) is 65.6 Å². The Labute approximate surface area is 188 Å². The van der Waals surface area contributed by atoms with Gasteiger partial charge in [0.2, 0.25) is 11.2 Å². The minimum absolute atomic E-state index is 0.0840. The second kappa shape index (κ2) is 8.51. The Balaban J connectivity index is 1.52. The van der Waals surface area contributed by atoms with Crippen LogP contribution >= 0.6 is 0 Å². The van der Waals surface area contributed by atoms with Crippen molar-refractivity contribution in [2.24, 2.45) is 0 Å². The van der Waals surface area contributed by atoms with Gasteiger partial charge in [-0.3, -0.25) is 14.4 Å². The molecule has 0 saturated carbocycles. The van der Waals surface area contributed by atoms with Crippen LogP contribution in [0, 0.1) is 5.82 Å². The zero-order valence-corrected chi connectivity index (χ0v) is 17.5. The van der Waals surface area contributed by atoms with Crippen molar-refractivity contribution in [2.75, 3.05) is 13.2 Å². The Morgan fingerprint density at radius 2 is 1.88 bits per heavy atom. The molecule has 2 aliphatic rings. The van der Waals surface area contributed by atoms with E-state index >= 15 is 0 Å². The lowest BCUT2D eigenvalue weighted by atomic mass is 10.1. The molecule has 3 aromatic rings. The van der Waals surface area contributed by atoms with E-state index in [2.05, 4.69) is 5.32 Å². The highest BCUT2D eigenvalue weighted by Crippen LogP contribution is 2.30. The maximum Gasteiger partial charge on any atom is 0.276 e. The van der Waals surface area contributed by atoms with Crippen molar-refractivity contribution in [1.29, 1.82) is 0 Å². The number of carbonyl (C=O) groups excluding carboxylic acids is 2. The van der Waals surface area contributed by atoms with Crippen molar-refractivity contribution in [3.05, 3.63) is 93.7 Å². The second-order valence-corrected chi connectivity index (χ2v) is 7.75. The lowest BCUT2D eigenvalue weighted by Crippen LogP contribution is -2.46. The van der Waals surface area contributed by atoms with Crippen LogP contribution in [-0.2, 0) is 17.8 Å². The summed E-state index contributed by atoms with van der Waals surface area (Å²) < 4.78 is 26.1. The van der Waals surface area contributed by atoms with Gasteiger partial charge in [-0.15, -0.1) is 0 Å². The third-order valence-electron chi connectivity index (χ3n) is 5.62. The van der Waals surface area contributed by atoms with Crippen molar-refractivity contribution < 1.29 is 23.5 Å². The van der Waals surface area contributed by atoms with Gasteiger partial charge >= 0.3 is 0 Å². The first-order valence-electron chi connectivity index (χ1n) is 10.5. The van der Waals surface area contributed by atoms with Gasteiger partial charge in [-0.25, -0.2) is 4.39 Å². The van der Waals surface area contributed by atoms with Crippen LogP contribution in [0.2, 0.25) is 0 Å². The minimum atomic E-state index is -0.686.